The number of rotatable bonds is 6. The summed E-state index contributed by atoms with van der Waals surface area (Å²) < 4.78 is 32.4. The Morgan fingerprint density at radius 3 is 2.74 bits per heavy atom. The Kier molecular flexibility index (Phi) is 6.62. The van der Waals surface area contributed by atoms with Gasteiger partial charge >= 0.3 is 6.61 Å². The molecule has 1 aliphatic rings. The van der Waals surface area contributed by atoms with Gasteiger partial charge in [-0.15, -0.1) is 0 Å². The summed E-state index contributed by atoms with van der Waals surface area (Å²) in [6.07, 6.45) is 6.90. The average Bonchev–Trinajstić information content (AvgIpc) is 3.16. The maximum absolute atomic E-state index is 12.6. The molecular formula is C22H21BrF2N4O2. The molecule has 0 aliphatic carbocycles. The van der Waals surface area contributed by atoms with Crippen LogP contribution in [0.4, 0.5) is 8.78 Å². The number of carbonyl (C=O) groups excluding carboxylic acids is 1. The zero-order chi connectivity index (χ0) is 21.8. The number of piperazine rings is 1. The molecule has 0 radical (unpaired) electrons. The lowest BCUT2D eigenvalue weighted by atomic mass is 10.2. The van der Waals surface area contributed by atoms with Gasteiger partial charge < -0.3 is 14.0 Å². The van der Waals surface area contributed by atoms with Crippen LogP contribution in [0, 0.1) is 0 Å². The van der Waals surface area contributed by atoms with Gasteiger partial charge in [-0.2, -0.15) is 8.78 Å². The SMILES string of the molecule is O=C(/C=C/c1cc(Br)ccc1OC(F)F)N1CCN(Cc2cn3ccccc3n2)CC1. The van der Waals surface area contributed by atoms with E-state index in [2.05, 4.69) is 30.6 Å². The summed E-state index contributed by atoms with van der Waals surface area (Å²) in [5.74, 6) is -0.130. The normalized spacial score (nSPS) is 15.3. The molecule has 2 aromatic heterocycles. The van der Waals surface area contributed by atoms with Crippen LogP contribution in [0.2, 0.25) is 0 Å². The van der Waals surface area contributed by atoms with Crippen molar-refractivity contribution in [2.45, 2.75) is 13.2 Å². The average molecular weight is 491 g/mol. The highest BCUT2D eigenvalue weighted by molar-refractivity contribution is 9.10. The Labute approximate surface area is 186 Å². The number of imidazole rings is 1. The van der Waals surface area contributed by atoms with Crippen molar-refractivity contribution < 1.29 is 18.3 Å². The lowest BCUT2D eigenvalue weighted by Gasteiger charge is -2.33. The minimum Gasteiger partial charge on any atom is -0.434 e. The van der Waals surface area contributed by atoms with E-state index in [0.29, 0.717) is 23.1 Å². The largest absolute Gasteiger partial charge is 0.434 e. The molecule has 6 nitrogen and oxygen atoms in total. The molecule has 31 heavy (non-hydrogen) atoms. The molecule has 162 valence electrons. The molecule has 1 saturated heterocycles. The summed E-state index contributed by atoms with van der Waals surface area (Å²) >= 11 is 3.31. The van der Waals surface area contributed by atoms with Gasteiger partial charge in [0.25, 0.3) is 0 Å². The third kappa shape index (κ3) is 5.48. The second-order valence-electron chi connectivity index (χ2n) is 7.19. The molecule has 0 bridgehead atoms. The Hall–Kier alpha value is -2.78. The van der Waals surface area contributed by atoms with E-state index < -0.39 is 6.61 Å². The predicted octanol–water partition coefficient (Wildman–Crippen LogP) is 4.06. The highest BCUT2D eigenvalue weighted by atomic mass is 79.9. The lowest BCUT2D eigenvalue weighted by Crippen LogP contribution is -2.47. The van der Waals surface area contributed by atoms with Crippen LogP contribution in [-0.2, 0) is 11.3 Å². The van der Waals surface area contributed by atoms with Gasteiger partial charge in [0.15, 0.2) is 0 Å². The highest BCUT2D eigenvalue weighted by Gasteiger charge is 2.20. The summed E-state index contributed by atoms with van der Waals surface area (Å²) in [6.45, 7) is 0.468. The molecule has 4 rings (SSSR count). The minimum atomic E-state index is -2.93. The van der Waals surface area contributed by atoms with Gasteiger partial charge in [-0.05, 0) is 36.4 Å². The van der Waals surface area contributed by atoms with E-state index in [9.17, 15) is 13.6 Å². The van der Waals surface area contributed by atoms with Crippen LogP contribution in [0.1, 0.15) is 11.3 Å². The second-order valence-corrected chi connectivity index (χ2v) is 8.11. The highest BCUT2D eigenvalue weighted by Crippen LogP contribution is 2.26. The third-order valence-corrected chi connectivity index (χ3v) is 5.57. The van der Waals surface area contributed by atoms with Gasteiger partial charge in [-0.3, -0.25) is 9.69 Å². The molecule has 1 amide bonds. The van der Waals surface area contributed by atoms with E-state index in [1.807, 2.05) is 35.0 Å². The fraction of sp³-hybridized carbons (Fsp3) is 0.273. The number of alkyl halides is 2. The Morgan fingerprint density at radius 1 is 1.19 bits per heavy atom. The van der Waals surface area contributed by atoms with Crippen LogP contribution in [0.5, 0.6) is 5.75 Å². The predicted molar refractivity (Wildman–Crippen MR) is 117 cm³/mol. The summed E-state index contributed by atoms with van der Waals surface area (Å²) in [7, 11) is 0. The van der Waals surface area contributed by atoms with E-state index in [1.165, 1.54) is 18.2 Å². The first-order valence-corrected chi connectivity index (χ1v) is 10.6. The number of pyridine rings is 1. The van der Waals surface area contributed by atoms with Crippen LogP contribution in [-0.4, -0.2) is 57.9 Å². The Morgan fingerprint density at radius 2 is 2.00 bits per heavy atom. The number of aromatic nitrogens is 2. The van der Waals surface area contributed by atoms with Gasteiger partial charge in [-0.1, -0.05) is 22.0 Å². The fourth-order valence-corrected chi connectivity index (χ4v) is 3.92. The first-order chi connectivity index (χ1) is 15.0. The van der Waals surface area contributed by atoms with Crippen LogP contribution >= 0.6 is 15.9 Å². The van der Waals surface area contributed by atoms with E-state index in [-0.39, 0.29) is 11.7 Å². The van der Waals surface area contributed by atoms with Crippen molar-refractivity contribution in [3.05, 3.63) is 70.6 Å². The van der Waals surface area contributed by atoms with E-state index in [1.54, 1.807) is 17.0 Å². The van der Waals surface area contributed by atoms with Gasteiger partial charge in [0.05, 0.1) is 5.69 Å². The number of benzene rings is 1. The van der Waals surface area contributed by atoms with Crippen molar-refractivity contribution in [3.8, 4) is 5.75 Å². The van der Waals surface area contributed by atoms with Crippen LogP contribution in [0.25, 0.3) is 11.7 Å². The molecule has 0 spiro atoms. The van der Waals surface area contributed by atoms with Crippen molar-refractivity contribution in [1.29, 1.82) is 0 Å². The molecule has 1 fully saturated rings. The summed E-state index contributed by atoms with van der Waals surface area (Å²) in [6, 6.07) is 10.6. The summed E-state index contributed by atoms with van der Waals surface area (Å²) in [5.41, 5.74) is 2.32. The molecular weight excluding hydrogens is 470 g/mol. The summed E-state index contributed by atoms with van der Waals surface area (Å²) in [4.78, 5) is 21.2. The van der Waals surface area contributed by atoms with Gasteiger partial charge in [0, 0.05) is 61.2 Å². The van der Waals surface area contributed by atoms with Crippen LogP contribution in [0.15, 0.2) is 59.3 Å². The van der Waals surface area contributed by atoms with Gasteiger partial charge in [0.2, 0.25) is 5.91 Å². The number of fused-ring (bicyclic) bond motifs is 1. The molecule has 0 N–H and O–H groups in total. The molecule has 3 heterocycles. The topological polar surface area (TPSA) is 50.1 Å². The van der Waals surface area contributed by atoms with Crippen molar-refractivity contribution in [2.75, 3.05) is 26.2 Å². The number of hydrogen-bond donors (Lipinski definition) is 0. The smallest absolute Gasteiger partial charge is 0.387 e. The monoisotopic (exact) mass is 490 g/mol. The van der Waals surface area contributed by atoms with Crippen LogP contribution < -0.4 is 4.74 Å². The van der Waals surface area contributed by atoms with E-state index in [0.717, 1.165) is 31.0 Å². The van der Waals surface area contributed by atoms with Crippen LogP contribution in [0.3, 0.4) is 0 Å². The zero-order valence-electron chi connectivity index (χ0n) is 16.6. The van der Waals surface area contributed by atoms with Crippen molar-refractivity contribution in [3.63, 3.8) is 0 Å². The second kappa shape index (κ2) is 9.57. The molecule has 3 aromatic rings. The number of halogens is 3. The van der Waals surface area contributed by atoms with E-state index in [4.69, 9.17) is 0 Å². The first kappa shape index (κ1) is 21.5. The minimum absolute atomic E-state index is 0.0273. The third-order valence-electron chi connectivity index (χ3n) is 5.08. The van der Waals surface area contributed by atoms with Crippen molar-refractivity contribution in [2.24, 2.45) is 0 Å². The van der Waals surface area contributed by atoms with Crippen molar-refractivity contribution >= 4 is 33.6 Å². The number of nitrogens with zero attached hydrogens (tertiary/aromatic N) is 4. The molecule has 0 atom stereocenters. The van der Waals surface area contributed by atoms with Gasteiger partial charge in [-0.25, -0.2) is 4.98 Å². The number of ether oxygens (including phenoxy) is 1. The number of amides is 1. The van der Waals surface area contributed by atoms with E-state index >= 15 is 0 Å². The number of carbonyl (C=O) groups is 1. The molecule has 1 aromatic carbocycles. The maximum atomic E-state index is 12.6. The van der Waals surface area contributed by atoms with Crippen molar-refractivity contribution in [1.82, 2.24) is 19.2 Å². The molecule has 1 aliphatic heterocycles. The molecule has 0 unspecified atom stereocenters. The standard InChI is InChI=1S/C22H21BrF2N4O2/c23-17-5-6-19(31-22(24)25)16(13-17)4-7-21(30)28-11-9-27(10-12-28)14-18-15-29-8-2-1-3-20(29)26-18/h1-8,13,15,22H,9-12,14H2/b7-4+. The number of hydrogen-bond acceptors (Lipinski definition) is 4. The lowest BCUT2D eigenvalue weighted by molar-refractivity contribution is -0.127. The Balaban J connectivity index is 1.33. The maximum Gasteiger partial charge on any atom is 0.387 e. The van der Waals surface area contributed by atoms with Gasteiger partial charge in [0.1, 0.15) is 11.4 Å². The molecule has 0 saturated carbocycles. The first-order valence-electron chi connectivity index (χ1n) is 9.84. The zero-order valence-corrected chi connectivity index (χ0v) is 18.2. The summed E-state index contributed by atoms with van der Waals surface area (Å²) in [5, 5.41) is 0. The fourth-order valence-electron chi connectivity index (χ4n) is 3.54. The molecule has 9 heteroatoms. The quantitative estimate of drug-likeness (QED) is 0.489. The Bertz CT molecular complexity index is 1060.